The minimum atomic E-state index is 0.487. The highest BCUT2D eigenvalue weighted by Gasteiger charge is 2.18. The van der Waals surface area contributed by atoms with Crippen LogP contribution in [0.4, 0.5) is 0 Å². The van der Waals surface area contributed by atoms with Gasteiger partial charge in [0, 0.05) is 0 Å². The predicted molar refractivity (Wildman–Crippen MR) is 114 cm³/mol. The zero-order valence-electron chi connectivity index (χ0n) is 18.6. The monoisotopic (exact) mass is 354 g/mol. The molecule has 0 saturated heterocycles. The summed E-state index contributed by atoms with van der Waals surface area (Å²) in [6.45, 7) is 14.0. The Balaban J connectivity index is 4.33. The third-order valence-electron chi connectivity index (χ3n) is 5.11. The van der Waals surface area contributed by atoms with Crippen molar-refractivity contribution in [1.82, 2.24) is 0 Å². The fraction of sp³-hybridized carbons (Fsp3) is 1.00. The van der Waals surface area contributed by atoms with Crippen molar-refractivity contribution in [3.63, 3.8) is 0 Å². The number of ether oxygens (including phenoxy) is 1. The molecule has 0 rings (SSSR count). The van der Waals surface area contributed by atoms with E-state index in [1.54, 1.807) is 0 Å². The summed E-state index contributed by atoms with van der Waals surface area (Å²) in [6, 6.07) is 0. The molecule has 0 aliphatic carbocycles. The molecule has 25 heavy (non-hydrogen) atoms. The number of hydrogen-bond acceptors (Lipinski definition) is 1. The van der Waals surface area contributed by atoms with Crippen LogP contribution >= 0.6 is 0 Å². The number of hydrogen-bond donors (Lipinski definition) is 0. The molecule has 1 heteroatoms. The zero-order valence-corrected chi connectivity index (χ0v) is 18.6. The van der Waals surface area contributed by atoms with Crippen LogP contribution < -0.4 is 0 Å². The molecule has 0 heterocycles. The van der Waals surface area contributed by atoms with Crippen molar-refractivity contribution in [2.45, 2.75) is 144 Å². The smallest absolute Gasteiger partial charge is 0.0581 e. The topological polar surface area (TPSA) is 9.23 Å². The molecule has 0 amide bonds. The highest BCUT2D eigenvalue weighted by Crippen LogP contribution is 2.23. The second-order valence-corrected chi connectivity index (χ2v) is 9.04. The molecule has 2 unspecified atom stereocenters. The Morgan fingerprint density at radius 3 is 1.20 bits per heavy atom. The van der Waals surface area contributed by atoms with E-state index in [1.807, 2.05) is 0 Å². The van der Waals surface area contributed by atoms with Crippen LogP contribution in [0.15, 0.2) is 0 Å². The summed E-state index contributed by atoms with van der Waals surface area (Å²) in [5.41, 5.74) is 0. The van der Waals surface area contributed by atoms with Crippen LogP contribution in [0.1, 0.15) is 131 Å². The first-order chi connectivity index (χ1) is 12.0. The fourth-order valence-corrected chi connectivity index (χ4v) is 3.76. The Morgan fingerprint density at radius 1 is 0.520 bits per heavy atom. The second kappa shape index (κ2) is 17.4. The summed E-state index contributed by atoms with van der Waals surface area (Å²) in [4.78, 5) is 0. The SMILES string of the molecule is CCCCCCCC(CC(C)C)OC(CCCCCCC)CC(C)C. The molecule has 0 aliphatic rings. The van der Waals surface area contributed by atoms with Crippen LogP contribution in [0.5, 0.6) is 0 Å². The minimum absolute atomic E-state index is 0.487. The highest BCUT2D eigenvalue weighted by molar-refractivity contribution is 4.68. The molecule has 0 aromatic rings. The molecule has 0 saturated carbocycles. The lowest BCUT2D eigenvalue weighted by Gasteiger charge is -2.27. The van der Waals surface area contributed by atoms with Crippen LogP contribution in [0.2, 0.25) is 0 Å². The largest absolute Gasteiger partial charge is 0.375 e. The lowest BCUT2D eigenvalue weighted by atomic mass is 9.97. The van der Waals surface area contributed by atoms with E-state index in [9.17, 15) is 0 Å². The zero-order chi connectivity index (χ0) is 18.9. The van der Waals surface area contributed by atoms with Crippen LogP contribution in [-0.4, -0.2) is 12.2 Å². The molecule has 0 aromatic carbocycles. The van der Waals surface area contributed by atoms with Gasteiger partial charge in [0.2, 0.25) is 0 Å². The van der Waals surface area contributed by atoms with Gasteiger partial charge in [0.05, 0.1) is 12.2 Å². The average Bonchev–Trinajstić information content (AvgIpc) is 2.53. The predicted octanol–water partition coefficient (Wildman–Crippen LogP) is 8.55. The fourth-order valence-electron chi connectivity index (χ4n) is 3.76. The van der Waals surface area contributed by atoms with Crippen molar-refractivity contribution in [2.24, 2.45) is 11.8 Å². The summed E-state index contributed by atoms with van der Waals surface area (Å²) in [6.07, 6.45) is 19.7. The Bertz CT molecular complexity index is 233. The highest BCUT2D eigenvalue weighted by atomic mass is 16.5. The summed E-state index contributed by atoms with van der Waals surface area (Å²) in [7, 11) is 0. The Hall–Kier alpha value is -0.0400. The molecule has 1 nitrogen and oxygen atoms in total. The van der Waals surface area contributed by atoms with E-state index in [0.29, 0.717) is 12.2 Å². The van der Waals surface area contributed by atoms with Crippen molar-refractivity contribution in [2.75, 3.05) is 0 Å². The van der Waals surface area contributed by atoms with Crippen molar-refractivity contribution in [3.05, 3.63) is 0 Å². The first-order valence-electron chi connectivity index (χ1n) is 11.6. The molecule has 0 radical (unpaired) electrons. The normalized spacial score (nSPS) is 14.4. The van der Waals surface area contributed by atoms with Crippen LogP contribution in [-0.2, 0) is 4.74 Å². The third-order valence-corrected chi connectivity index (χ3v) is 5.11. The number of rotatable bonds is 18. The van der Waals surface area contributed by atoms with E-state index in [1.165, 1.54) is 89.9 Å². The van der Waals surface area contributed by atoms with Crippen LogP contribution in [0.25, 0.3) is 0 Å². The number of unbranched alkanes of at least 4 members (excludes halogenated alkanes) is 8. The Kier molecular flexibility index (Phi) is 17.3. The lowest BCUT2D eigenvalue weighted by Crippen LogP contribution is -2.25. The molecule has 0 aliphatic heterocycles. The maximum atomic E-state index is 6.69. The second-order valence-electron chi connectivity index (χ2n) is 9.04. The van der Waals surface area contributed by atoms with E-state index >= 15 is 0 Å². The van der Waals surface area contributed by atoms with Gasteiger partial charge in [-0.15, -0.1) is 0 Å². The van der Waals surface area contributed by atoms with E-state index in [4.69, 9.17) is 4.74 Å². The van der Waals surface area contributed by atoms with Gasteiger partial charge in [0.25, 0.3) is 0 Å². The van der Waals surface area contributed by atoms with Crippen molar-refractivity contribution < 1.29 is 4.74 Å². The van der Waals surface area contributed by atoms with E-state index < -0.39 is 0 Å². The minimum Gasteiger partial charge on any atom is -0.375 e. The van der Waals surface area contributed by atoms with Gasteiger partial charge in [-0.25, -0.2) is 0 Å². The molecule has 0 spiro atoms. The molecule has 0 aromatic heterocycles. The molecule has 2 atom stereocenters. The molecular weight excluding hydrogens is 304 g/mol. The maximum absolute atomic E-state index is 6.69. The van der Waals surface area contributed by atoms with Gasteiger partial charge < -0.3 is 4.74 Å². The standard InChI is InChI=1S/C24H50O/c1-7-9-11-13-15-17-23(19-21(3)4)25-24(20-22(5)6)18-16-14-12-10-8-2/h21-24H,7-20H2,1-6H3. The summed E-state index contributed by atoms with van der Waals surface area (Å²) >= 11 is 0. The first kappa shape index (κ1) is 25.0. The van der Waals surface area contributed by atoms with Crippen molar-refractivity contribution in [1.29, 1.82) is 0 Å². The van der Waals surface area contributed by atoms with Gasteiger partial charge >= 0.3 is 0 Å². The van der Waals surface area contributed by atoms with Gasteiger partial charge in [0.1, 0.15) is 0 Å². The van der Waals surface area contributed by atoms with Gasteiger partial charge in [-0.2, -0.15) is 0 Å². The molecule has 0 N–H and O–H groups in total. The quantitative estimate of drug-likeness (QED) is 0.224. The molecular formula is C24H50O. The third kappa shape index (κ3) is 17.1. The summed E-state index contributed by atoms with van der Waals surface area (Å²) in [5, 5.41) is 0. The van der Waals surface area contributed by atoms with Gasteiger partial charge in [-0.3, -0.25) is 0 Å². The van der Waals surface area contributed by atoms with Gasteiger partial charge in [-0.05, 0) is 37.5 Å². The molecule has 152 valence electrons. The lowest BCUT2D eigenvalue weighted by molar-refractivity contribution is -0.0406. The summed E-state index contributed by atoms with van der Waals surface area (Å²) < 4.78 is 6.69. The van der Waals surface area contributed by atoms with E-state index in [0.717, 1.165) is 11.8 Å². The summed E-state index contributed by atoms with van der Waals surface area (Å²) in [5.74, 6) is 1.48. The van der Waals surface area contributed by atoms with Crippen molar-refractivity contribution in [3.8, 4) is 0 Å². The van der Waals surface area contributed by atoms with Crippen LogP contribution in [0, 0.1) is 11.8 Å². The van der Waals surface area contributed by atoms with E-state index in [-0.39, 0.29) is 0 Å². The maximum Gasteiger partial charge on any atom is 0.0581 e. The molecule has 0 fully saturated rings. The Labute approximate surface area is 160 Å². The Morgan fingerprint density at radius 2 is 0.880 bits per heavy atom. The average molecular weight is 355 g/mol. The first-order valence-corrected chi connectivity index (χ1v) is 11.6. The molecule has 0 bridgehead atoms. The van der Waals surface area contributed by atoms with E-state index in [2.05, 4.69) is 41.5 Å². The van der Waals surface area contributed by atoms with Gasteiger partial charge in [-0.1, -0.05) is 106 Å². The van der Waals surface area contributed by atoms with Crippen molar-refractivity contribution >= 4 is 0 Å². The van der Waals surface area contributed by atoms with Gasteiger partial charge in [0.15, 0.2) is 0 Å². The van der Waals surface area contributed by atoms with Crippen LogP contribution in [0.3, 0.4) is 0 Å².